The first kappa shape index (κ1) is 15.7. The largest absolute Gasteiger partial charge is 0.480 e. The molecule has 0 aromatic heterocycles. The van der Waals surface area contributed by atoms with Crippen molar-refractivity contribution in [3.8, 4) is 0 Å². The molecule has 0 aromatic rings. The predicted octanol–water partition coefficient (Wildman–Crippen LogP) is 1.93. The molecule has 0 fully saturated rings. The molecule has 0 spiro atoms. The zero-order valence-corrected chi connectivity index (χ0v) is 11.2. The highest BCUT2D eigenvalue weighted by molar-refractivity contribution is 5.82. The van der Waals surface area contributed by atoms with Crippen molar-refractivity contribution in [1.82, 2.24) is 10.2 Å². The number of rotatable bonds is 7. The van der Waals surface area contributed by atoms with E-state index >= 15 is 0 Å². The second kappa shape index (κ2) is 7.92. The molecule has 0 bridgehead atoms. The molecule has 0 unspecified atom stereocenters. The molecule has 5 heteroatoms. The van der Waals surface area contributed by atoms with E-state index in [2.05, 4.69) is 19.2 Å². The fourth-order valence-electron chi connectivity index (χ4n) is 1.55. The minimum absolute atomic E-state index is 0.297. The number of hydrogen-bond acceptors (Lipinski definition) is 2. The highest BCUT2D eigenvalue weighted by Gasteiger charge is 2.19. The van der Waals surface area contributed by atoms with E-state index in [1.165, 1.54) is 6.92 Å². The third kappa shape index (κ3) is 5.56. The van der Waals surface area contributed by atoms with E-state index in [0.717, 1.165) is 12.8 Å². The number of aliphatic carboxylic acids is 1. The number of carboxylic acid groups (broad SMARTS) is 1. The fourth-order valence-corrected chi connectivity index (χ4v) is 1.55. The van der Waals surface area contributed by atoms with E-state index in [1.54, 1.807) is 4.90 Å². The van der Waals surface area contributed by atoms with Crippen LogP contribution in [-0.4, -0.2) is 41.1 Å². The molecule has 0 heterocycles. The minimum Gasteiger partial charge on any atom is -0.480 e. The Labute approximate surface area is 103 Å². The van der Waals surface area contributed by atoms with E-state index in [4.69, 9.17) is 5.11 Å². The Morgan fingerprint density at radius 2 is 1.76 bits per heavy atom. The number of urea groups is 1. The molecule has 0 rings (SSSR count). The van der Waals surface area contributed by atoms with Gasteiger partial charge in [-0.05, 0) is 19.8 Å². The second-order valence-corrected chi connectivity index (χ2v) is 4.23. The molecule has 0 saturated heterocycles. The van der Waals surface area contributed by atoms with Gasteiger partial charge in [-0.25, -0.2) is 4.79 Å². The average Bonchev–Trinajstić information content (AvgIpc) is 2.30. The van der Waals surface area contributed by atoms with Gasteiger partial charge in [-0.1, -0.05) is 26.7 Å². The van der Waals surface area contributed by atoms with E-state index in [0.29, 0.717) is 19.0 Å². The van der Waals surface area contributed by atoms with Crippen LogP contribution in [0.15, 0.2) is 0 Å². The van der Waals surface area contributed by atoms with Crippen LogP contribution in [-0.2, 0) is 4.79 Å². The summed E-state index contributed by atoms with van der Waals surface area (Å²) in [6.07, 6.45) is 2.05. The van der Waals surface area contributed by atoms with Crippen LogP contribution in [0.5, 0.6) is 0 Å². The van der Waals surface area contributed by atoms with Crippen LogP contribution in [0, 0.1) is 5.92 Å². The third-order valence-electron chi connectivity index (χ3n) is 3.01. The van der Waals surface area contributed by atoms with Crippen molar-refractivity contribution in [3.63, 3.8) is 0 Å². The van der Waals surface area contributed by atoms with E-state index in [1.807, 2.05) is 6.92 Å². The molecule has 0 aliphatic carbocycles. The number of carbonyl (C=O) groups excluding carboxylic acids is 1. The van der Waals surface area contributed by atoms with Crippen LogP contribution in [0.1, 0.15) is 40.5 Å². The lowest BCUT2D eigenvalue weighted by Gasteiger charge is -2.26. The molecule has 0 radical (unpaired) electrons. The van der Waals surface area contributed by atoms with Gasteiger partial charge in [-0.2, -0.15) is 0 Å². The SMILES string of the molecule is CCC(CC)CN(CC)C(=O)N[C@@H](C)C(=O)O. The molecular formula is C12H24N2O3. The van der Waals surface area contributed by atoms with Crippen molar-refractivity contribution in [2.45, 2.75) is 46.6 Å². The number of carbonyl (C=O) groups is 2. The van der Waals surface area contributed by atoms with Gasteiger partial charge in [0.1, 0.15) is 6.04 Å². The van der Waals surface area contributed by atoms with Crippen LogP contribution in [0.4, 0.5) is 4.79 Å². The first-order valence-electron chi connectivity index (χ1n) is 6.24. The van der Waals surface area contributed by atoms with Gasteiger partial charge >= 0.3 is 12.0 Å². The summed E-state index contributed by atoms with van der Waals surface area (Å²) in [6, 6.07) is -1.15. The van der Waals surface area contributed by atoms with Gasteiger partial charge in [0.25, 0.3) is 0 Å². The molecule has 1 atom stereocenters. The molecule has 0 saturated carbocycles. The molecule has 100 valence electrons. The minimum atomic E-state index is -1.02. The summed E-state index contributed by atoms with van der Waals surface area (Å²) in [5.74, 6) is -0.544. The Bertz CT molecular complexity index is 252. The lowest BCUT2D eigenvalue weighted by atomic mass is 10.0. The van der Waals surface area contributed by atoms with Crippen LogP contribution in [0.25, 0.3) is 0 Å². The van der Waals surface area contributed by atoms with Crippen molar-refractivity contribution in [2.24, 2.45) is 5.92 Å². The van der Waals surface area contributed by atoms with Crippen molar-refractivity contribution in [3.05, 3.63) is 0 Å². The van der Waals surface area contributed by atoms with Crippen LogP contribution >= 0.6 is 0 Å². The van der Waals surface area contributed by atoms with E-state index < -0.39 is 12.0 Å². The van der Waals surface area contributed by atoms with Gasteiger partial charge in [0.15, 0.2) is 0 Å². The summed E-state index contributed by atoms with van der Waals surface area (Å²) in [5, 5.41) is 11.2. The van der Waals surface area contributed by atoms with Crippen molar-refractivity contribution in [1.29, 1.82) is 0 Å². The summed E-state index contributed by atoms with van der Waals surface area (Å²) in [4.78, 5) is 24.1. The van der Waals surface area contributed by atoms with E-state index in [9.17, 15) is 9.59 Å². The molecule has 0 aromatic carbocycles. The zero-order valence-electron chi connectivity index (χ0n) is 11.2. The van der Waals surface area contributed by atoms with Gasteiger partial charge < -0.3 is 15.3 Å². The lowest BCUT2D eigenvalue weighted by molar-refractivity contribution is -0.138. The van der Waals surface area contributed by atoms with Gasteiger partial charge in [0.05, 0.1) is 0 Å². The smallest absolute Gasteiger partial charge is 0.325 e. The molecule has 17 heavy (non-hydrogen) atoms. The maximum Gasteiger partial charge on any atom is 0.325 e. The Morgan fingerprint density at radius 3 is 2.12 bits per heavy atom. The first-order chi connectivity index (χ1) is 7.96. The predicted molar refractivity (Wildman–Crippen MR) is 66.9 cm³/mol. The number of nitrogens with zero attached hydrogens (tertiary/aromatic N) is 1. The summed E-state index contributed by atoms with van der Waals surface area (Å²) in [6.45, 7) is 8.83. The molecule has 2 N–H and O–H groups in total. The van der Waals surface area contributed by atoms with Gasteiger partial charge in [-0.15, -0.1) is 0 Å². The summed E-state index contributed by atoms with van der Waals surface area (Å²) >= 11 is 0. The van der Waals surface area contributed by atoms with Crippen molar-refractivity contribution >= 4 is 12.0 Å². The summed E-state index contributed by atoms with van der Waals surface area (Å²) in [5.41, 5.74) is 0. The van der Waals surface area contributed by atoms with Crippen molar-refractivity contribution < 1.29 is 14.7 Å². The fraction of sp³-hybridized carbons (Fsp3) is 0.833. The average molecular weight is 244 g/mol. The number of hydrogen-bond donors (Lipinski definition) is 2. The highest BCUT2D eigenvalue weighted by Crippen LogP contribution is 2.09. The molecular weight excluding hydrogens is 220 g/mol. The summed E-state index contributed by atoms with van der Waals surface area (Å²) in [7, 11) is 0. The molecule has 0 aliphatic rings. The molecule has 2 amide bonds. The van der Waals surface area contributed by atoms with Crippen LogP contribution in [0.2, 0.25) is 0 Å². The molecule has 5 nitrogen and oxygen atoms in total. The number of nitrogens with one attached hydrogen (secondary N) is 1. The monoisotopic (exact) mass is 244 g/mol. The topological polar surface area (TPSA) is 69.6 Å². The Morgan fingerprint density at radius 1 is 1.24 bits per heavy atom. The zero-order chi connectivity index (χ0) is 13.4. The van der Waals surface area contributed by atoms with Crippen LogP contribution < -0.4 is 5.32 Å². The summed E-state index contributed by atoms with van der Waals surface area (Å²) < 4.78 is 0. The first-order valence-corrected chi connectivity index (χ1v) is 6.24. The van der Waals surface area contributed by atoms with Crippen LogP contribution in [0.3, 0.4) is 0 Å². The van der Waals surface area contributed by atoms with Gasteiger partial charge in [0.2, 0.25) is 0 Å². The Hall–Kier alpha value is -1.26. The number of amides is 2. The highest BCUT2D eigenvalue weighted by atomic mass is 16.4. The quantitative estimate of drug-likeness (QED) is 0.719. The van der Waals surface area contributed by atoms with E-state index in [-0.39, 0.29) is 6.03 Å². The third-order valence-corrected chi connectivity index (χ3v) is 3.01. The Balaban J connectivity index is 4.35. The number of carboxylic acids is 1. The van der Waals surface area contributed by atoms with Gasteiger partial charge in [-0.3, -0.25) is 4.79 Å². The maximum absolute atomic E-state index is 11.8. The lowest BCUT2D eigenvalue weighted by Crippen LogP contribution is -2.47. The second-order valence-electron chi connectivity index (χ2n) is 4.23. The maximum atomic E-state index is 11.8. The normalized spacial score (nSPS) is 12.3. The molecule has 0 aliphatic heterocycles. The Kier molecular flexibility index (Phi) is 7.34. The standard InChI is InChI=1S/C12H24N2O3/c1-5-10(6-2)8-14(7-3)12(17)13-9(4)11(15)16/h9-10H,5-8H2,1-4H3,(H,13,17)(H,15,16)/t9-/m0/s1. The van der Waals surface area contributed by atoms with Crippen molar-refractivity contribution in [2.75, 3.05) is 13.1 Å². The van der Waals surface area contributed by atoms with Gasteiger partial charge in [0, 0.05) is 13.1 Å².